The van der Waals surface area contributed by atoms with E-state index >= 15 is 0 Å². The summed E-state index contributed by atoms with van der Waals surface area (Å²) in [5.74, 6) is 0.764. The average molecular weight is 419 g/mol. The largest absolute Gasteiger partial charge is 0.481 e. The van der Waals surface area contributed by atoms with Gasteiger partial charge >= 0.3 is 5.97 Å². The fourth-order valence-corrected chi connectivity index (χ4v) is 5.07. The predicted octanol–water partition coefficient (Wildman–Crippen LogP) is 4.45. The minimum absolute atomic E-state index is 0.0375. The summed E-state index contributed by atoms with van der Waals surface area (Å²) in [6, 6.07) is 8.73. The van der Waals surface area contributed by atoms with Gasteiger partial charge < -0.3 is 10.0 Å². The number of aryl methyl sites for hydroxylation is 3. The molecule has 0 unspecified atom stereocenters. The van der Waals surface area contributed by atoms with E-state index in [-0.39, 0.29) is 6.42 Å². The number of carboxylic acid groups (broad SMARTS) is 1. The van der Waals surface area contributed by atoms with E-state index in [0.29, 0.717) is 5.92 Å². The fourth-order valence-electron chi connectivity index (χ4n) is 5.07. The second-order valence-corrected chi connectivity index (χ2v) is 9.23. The summed E-state index contributed by atoms with van der Waals surface area (Å²) in [7, 11) is 0. The predicted molar refractivity (Wildman–Crippen MR) is 122 cm³/mol. The van der Waals surface area contributed by atoms with E-state index < -0.39 is 5.97 Å². The molecule has 6 nitrogen and oxygen atoms in total. The molecule has 1 aromatic carbocycles. The number of hydrogen-bond acceptors (Lipinski definition) is 4. The smallest absolute Gasteiger partial charge is 0.308 e. The van der Waals surface area contributed by atoms with E-state index in [1.165, 1.54) is 24.0 Å². The van der Waals surface area contributed by atoms with E-state index in [1.807, 2.05) is 17.5 Å². The highest BCUT2D eigenvalue weighted by atomic mass is 16.4. The molecular formula is C25H30N4O2. The molecule has 1 aliphatic carbocycles. The number of rotatable bonds is 4. The zero-order valence-corrected chi connectivity index (χ0v) is 18.4. The van der Waals surface area contributed by atoms with Gasteiger partial charge in [-0.2, -0.15) is 9.61 Å². The molecule has 3 aromatic rings. The Morgan fingerprint density at radius 3 is 2.61 bits per heavy atom. The van der Waals surface area contributed by atoms with Gasteiger partial charge in [0.25, 0.3) is 0 Å². The molecule has 162 valence electrons. The Morgan fingerprint density at radius 1 is 1.13 bits per heavy atom. The van der Waals surface area contributed by atoms with E-state index in [4.69, 9.17) is 10.1 Å². The van der Waals surface area contributed by atoms with Crippen molar-refractivity contribution in [3.05, 3.63) is 46.6 Å². The monoisotopic (exact) mass is 418 g/mol. The molecule has 0 bridgehead atoms. The second kappa shape index (κ2) is 7.98. The number of piperidine rings is 1. The van der Waals surface area contributed by atoms with Crippen molar-refractivity contribution in [1.29, 1.82) is 0 Å². The van der Waals surface area contributed by atoms with Crippen molar-refractivity contribution < 1.29 is 9.90 Å². The molecule has 6 heteroatoms. The van der Waals surface area contributed by atoms with E-state index in [9.17, 15) is 9.90 Å². The number of carboxylic acids is 1. The molecular weight excluding hydrogens is 388 g/mol. The van der Waals surface area contributed by atoms with Crippen molar-refractivity contribution >= 4 is 17.4 Å². The quantitative estimate of drug-likeness (QED) is 0.678. The first-order valence-corrected chi connectivity index (χ1v) is 11.5. The highest BCUT2D eigenvalue weighted by Crippen LogP contribution is 2.32. The summed E-state index contributed by atoms with van der Waals surface area (Å²) in [6.45, 7) is 6.03. The van der Waals surface area contributed by atoms with Crippen molar-refractivity contribution in [3.63, 3.8) is 0 Å². The van der Waals surface area contributed by atoms with Crippen molar-refractivity contribution in [2.24, 2.45) is 5.92 Å². The summed E-state index contributed by atoms with van der Waals surface area (Å²) in [6.07, 6.45) is 6.99. The maximum Gasteiger partial charge on any atom is 0.308 e. The number of hydrogen-bond donors (Lipinski definition) is 1. The van der Waals surface area contributed by atoms with E-state index in [0.717, 1.165) is 72.8 Å². The van der Waals surface area contributed by atoms with Crippen LogP contribution >= 0.6 is 0 Å². The number of nitrogens with zero attached hydrogens (tertiary/aromatic N) is 4. The third kappa shape index (κ3) is 3.80. The Labute approximate surface area is 182 Å². The molecule has 5 rings (SSSR count). The maximum atomic E-state index is 11.6. The lowest BCUT2D eigenvalue weighted by Gasteiger charge is -2.33. The first kappa shape index (κ1) is 20.0. The molecule has 0 radical (unpaired) electrons. The zero-order valence-electron chi connectivity index (χ0n) is 18.4. The molecule has 1 fully saturated rings. The first-order chi connectivity index (χ1) is 15.0. The number of aromatic nitrogens is 3. The van der Waals surface area contributed by atoms with E-state index in [2.05, 4.69) is 30.0 Å². The molecule has 0 atom stereocenters. The standard InChI is InChI=1S/C25H30N4O2/c1-16-9-11-28(12-10-16)25-21(14-24(30)31)17(2)26-23-15-22(27-29(23)25)20-8-7-18-5-3-4-6-19(18)13-20/h7-8,13,15-16H,3-6,9-12,14H2,1-2H3,(H,30,31). The molecule has 3 heterocycles. The zero-order chi connectivity index (χ0) is 21.5. The first-order valence-electron chi connectivity index (χ1n) is 11.5. The molecule has 2 aromatic heterocycles. The normalized spacial score (nSPS) is 17.2. The van der Waals surface area contributed by atoms with Gasteiger partial charge in [-0.15, -0.1) is 0 Å². The lowest BCUT2D eigenvalue weighted by Crippen LogP contribution is -2.35. The topological polar surface area (TPSA) is 70.7 Å². The summed E-state index contributed by atoms with van der Waals surface area (Å²) < 4.78 is 1.88. The van der Waals surface area contributed by atoms with Crippen LogP contribution < -0.4 is 4.90 Å². The Bertz CT molecular complexity index is 1140. The van der Waals surface area contributed by atoms with Crippen molar-refractivity contribution in [3.8, 4) is 11.3 Å². The Morgan fingerprint density at radius 2 is 1.87 bits per heavy atom. The number of anilines is 1. The summed E-state index contributed by atoms with van der Waals surface area (Å²) in [5, 5.41) is 14.5. The van der Waals surface area contributed by atoms with Crippen LogP contribution in [-0.2, 0) is 24.1 Å². The number of carbonyl (C=O) groups is 1. The fraction of sp³-hybridized carbons (Fsp3) is 0.480. The summed E-state index contributed by atoms with van der Waals surface area (Å²) in [4.78, 5) is 18.7. The van der Waals surface area contributed by atoms with Gasteiger partial charge in [-0.25, -0.2) is 4.98 Å². The van der Waals surface area contributed by atoms with Crippen LogP contribution in [0, 0.1) is 12.8 Å². The number of fused-ring (bicyclic) bond motifs is 2. The van der Waals surface area contributed by atoms with Gasteiger partial charge in [-0.3, -0.25) is 4.79 Å². The number of aliphatic carboxylic acids is 1. The molecule has 0 saturated carbocycles. The van der Waals surface area contributed by atoms with Crippen LogP contribution in [0.2, 0.25) is 0 Å². The van der Waals surface area contributed by atoms with Crippen LogP contribution in [0.3, 0.4) is 0 Å². The number of benzene rings is 1. The van der Waals surface area contributed by atoms with Gasteiger partial charge in [0.2, 0.25) is 0 Å². The SMILES string of the molecule is Cc1nc2cc(-c3ccc4c(c3)CCCC4)nn2c(N2CCC(C)CC2)c1CC(=O)O. The minimum Gasteiger partial charge on any atom is -0.481 e. The molecule has 1 saturated heterocycles. The van der Waals surface area contributed by atoms with Gasteiger partial charge in [0, 0.05) is 36.0 Å². The lowest BCUT2D eigenvalue weighted by molar-refractivity contribution is -0.136. The average Bonchev–Trinajstić information content (AvgIpc) is 3.18. The summed E-state index contributed by atoms with van der Waals surface area (Å²) >= 11 is 0. The minimum atomic E-state index is -0.835. The summed E-state index contributed by atoms with van der Waals surface area (Å²) in [5.41, 5.74) is 7.24. The van der Waals surface area contributed by atoms with Crippen LogP contribution in [0.4, 0.5) is 5.82 Å². The molecule has 2 aliphatic rings. The van der Waals surface area contributed by atoms with Crippen LogP contribution in [0.5, 0.6) is 0 Å². The molecule has 31 heavy (non-hydrogen) atoms. The Hall–Kier alpha value is -2.89. The molecule has 1 N–H and O–H groups in total. The Kier molecular flexibility index (Phi) is 5.16. The van der Waals surface area contributed by atoms with Crippen molar-refractivity contribution in [2.45, 2.75) is 58.8 Å². The highest BCUT2D eigenvalue weighted by Gasteiger charge is 2.25. The van der Waals surface area contributed by atoms with Gasteiger partial charge in [0.1, 0.15) is 5.82 Å². The van der Waals surface area contributed by atoms with Crippen LogP contribution in [-0.4, -0.2) is 38.8 Å². The van der Waals surface area contributed by atoms with Crippen LogP contribution in [0.15, 0.2) is 24.3 Å². The van der Waals surface area contributed by atoms with Crippen molar-refractivity contribution in [2.75, 3.05) is 18.0 Å². The second-order valence-electron chi connectivity index (χ2n) is 9.23. The van der Waals surface area contributed by atoms with Crippen LogP contribution in [0.1, 0.15) is 55.0 Å². The maximum absolute atomic E-state index is 11.6. The van der Waals surface area contributed by atoms with Crippen molar-refractivity contribution in [1.82, 2.24) is 14.6 Å². The lowest BCUT2D eigenvalue weighted by atomic mass is 9.90. The highest BCUT2D eigenvalue weighted by molar-refractivity contribution is 5.75. The van der Waals surface area contributed by atoms with Gasteiger partial charge in [-0.1, -0.05) is 19.1 Å². The molecule has 0 amide bonds. The van der Waals surface area contributed by atoms with Crippen LogP contribution in [0.25, 0.3) is 16.9 Å². The third-order valence-electron chi connectivity index (χ3n) is 6.94. The van der Waals surface area contributed by atoms with Gasteiger partial charge in [0.05, 0.1) is 12.1 Å². The molecule has 0 spiro atoms. The van der Waals surface area contributed by atoms with Gasteiger partial charge in [0.15, 0.2) is 5.65 Å². The molecule has 1 aliphatic heterocycles. The van der Waals surface area contributed by atoms with E-state index in [1.54, 1.807) is 0 Å². The third-order valence-corrected chi connectivity index (χ3v) is 6.94. The Balaban J connectivity index is 1.63. The van der Waals surface area contributed by atoms with Gasteiger partial charge in [-0.05, 0) is 68.6 Å².